The molecule has 0 radical (unpaired) electrons. The zero-order chi connectivity index (χ0) is 15.5. The number of aromatic nitrogens is 3. The Morgan fingerprint density at radius 1 is 1.45 bits per heavy atom. The van der Waals surface area contributed by atoms with E-state index in [1.165, 1.54) is 11.3 Å². The number of thiazole rings is 1. The first-order valence-electron chi connectivity index (χ1n) is 7.23. The smallest absolute Gasteiger partial charge is 0.273 e. The van der Waals surface area contributed by atoms with Crippen molar-refractivity contribution in [3.05, 3.63) is 22.8 Å². The molecule has 0 saturated carbocycles. The van der Waals surface area contributed by atoms with Crippen molar-refractivity contribution in [2.75, 3.05) is 19.3 Å². The van der Waals surface area contributed by atoms with Crippen molar-refractivity contribution in [1.29, 1.82) is 0 Å². The van der Waals surface area contributed by atoms with Crippen LogP contribution in [-0.4, -0.2) is 45.3 Å². The Labute approximate surface area is 137 Å². The number of hydrogen-bond acceptors (Lipinski definition) is 7. The van der Waals surface area contributed by atoms with E-state index in [1.54, 1.807) is 18.7 Å². The topological polar surface area (TPSA) is 72.1 Å². The Kier molecular flexibility index (Phi) is 4.77. The van der Waals surface area contributed by atoms with E-state index in [0.29, 0.717) is 17.5 Å². The molecule has 2 aromatic heterocycles. The predicted octanol–water partition coefficient (Wildman–Crippen LogP) is 2.65. The molecule has 1 fully saturated rings. The average molecular weight is 338 g/mol. The van der Waals surface area contributed by atoms with Gasteiger partial charge >= 0.3 is 0 Å². The fraction of sp³-hybridized carbons (Fsp3) is 0.571. The summed E-state index contributed by atoms with van der Waals surface area (Å²) in [5.74, 6) is 1.94. The van der Waals surface area contributed by atoms with Gasteiger partial charge in [0.05, 0.1) is 0 Å². The highest BCUT2D eigenvalue weighted by Gasteiger charge is 2.26. The van der Waals surface area contributed by atoms with Crippen LogP contribution in [0, 0.1) is 12.8 Å². The molecule has 3 heterocycles. The van der Waals surface area contributed by atoms with E-state index in [-0.39, 0.29) is 5.91 Å². The maximum Gasteiger partial charge on any atom is 0.273 e. The molecule has 0 atom stereocenters. The third kappa shape index (κ3) is 3.49. The number of piperidine rings is 1. The normalized spacial score (nSPS) is 16.2. The third-order valence-corrected chi connectivity index (χ3v) is 5.68. The summed E-state index contributed by atoms with van der Waals surface area (Å²) in [6.07, 6.45) is 4.74. The zero-order valence-electron chi connectivity index (χ0n) is 12.6. The molecule has 1 aliphatic rings. The van der Waals surface area contributed by atoms with Gasteiger partial charge < -0.3 is 9.42 Å². The second kappa shape index (κ2) is 6.78. The average Bonchev–Trinajstić information content (AvgIpc) is 3.16. The fourth-order valence-corrected chi connectivity index (χ4v) is 3.87. The molecule has 1 saturated heterocycles. The molecular weight excluding hydrogens is 320 g/mol. The van der Waals surface area contributed by atoms with Crippen LogP contribution >= 0.6 is 23.1 Å². The number of carbonyl (C=O) groups excluding carboxylic acids is 1. The monoisotopic (exact) mass is 338 g/mol. The lowest BCUT2D eigenvalue weighted by Crippen LogP contribution is -2.39. The van der Waals surface area contributed by atoms with Crippen LogP contribution in [-0.2, 0) is 6.42 Å². The SMILES string of the molecule is CSc1nc(C(=O)N2CCC(Cc3noc(C)n3)CC2)cs1. The van der Waals surface area contributed by atoms with E-state index >= 15 is 0 Å². The van der Waals surface area contributed by atoms with Crippen molar-refractivity contribution in [2.45, 2.75) is 30.5 Å². The van der Waals surface area contributed by atoms with E-state index in [2.05, 4.69) is 15.1 Å². The lowest BCUT2D eigenvalue weighted by Gasteiger charge is -2.31. The molecule has 3 rings (SSSR count). The first-order chi connectivity index (χ1) is 10.7. The zero-order valence-corrected chi connectivity index (χ0v) is 14.2. The van der Waals surface area contributed by atoms with Crippen molar-refractivity contribution in [3.8, 4) is 0 Å². The van der Waals surface area contributed by atoms with Crippen LogP contribution in [0.4, 0.5) is 0 Å². The van der Waals surface area contributed by atoms with E-state index in [9.17, 15) is 4.79 Å². The second-order valence-corrected chi connectivity index (χ2v) is 7.28. The lowest BCUT2D eigenvalue weighted by molar-refractivity contribution is 0.0684. The number of amides is 1. The highest BCUT2D eigenvalue weighted by Crippen LogP contribution is 2.24. The number of carbonyl (C=O) groups is 1. The maximum atomic E-state index is 12.4. The summed E-state index contributed by atoms with van der Waals surface area (Å²) in [5.41, 5.74) is 0.571. The summed E-state index contributed by atoms with van der Waals surface area (Å²) in [6, 6.07) is 0. The summed E-state index contributed by atoms with van der Waals surface area (Å²) in [6.45, 7) is 3.34. The highest BCUT2D eigenvalue weighted by atomic mass is 32.2. The van der Waals surface area contributed by atoms with E-state index in [1.807, 2.05) is 16.5 Å². The highest BCUT2D eigenvalue weighted by molar-refractivity contribution is 8.00. The summed E-state index contributed by atoms with van der Waals surface area (Å²) < 4.78 is 5.94. The number of rotatable bonds is 4. The van der Waals surface area contributed by atoms with Crippen molar-refractivity contribution in [1.82, 2.24) is 20.0 Å². The molecular formula is C14H18N4O2S2. The first-order valence-corrected chi connectivity index (χ1v) is 9.34. The van der Waals surface area contributed by atoms with Crippen LogP contribution < -0.4 is 0 Å². The summed E-state index contributed by atoms with van der Waals surface area (Å²) in [5, 5.41) is 5.80. The number of nitrogens with zero attached hydrogens (tertiary/aromatic N) is 4. The van der Waals surface area contributed by atoms with Crippen LogP contribution in [0.2, 0.25) is 0 Å². The van der Waals surface area contributed by atoms with Crippen LogP contribution in [0.5, 0.6) is 0 Å². The van der Waals surface area contributed by atoms with Gasteiger partial charge in [-0.05, 0) is 25.0 Å². The molecule has 0 N–H and O–H groups in total. The molecule has 22 heavy (non-hydrogen) atoms. The van der Waals surface area contributed by atoms with E-state index in [0.717, 1.165) is 42.5 Å². The molecule has 1 aliphatic heterocycles. The van der Waals surface area contributed by atoms with Gasteiger partial charge in [0, 0.05) is 31.8 Å². The number of hydrogen-bond donors (Lipinski definition) is 0. The van der Waals surface area contributed by atoms with Gasteiger partial charge in [-0.15, -0.1) is 11.3 Å². The third-order valence-electron chi connectivity index (χ3n) is 3.82. The lowest BCUT2D eigenvalue weighted by atomic mass is 9.93. The number of aryl methyl sites for hydroxylation is 1. The minimum Gasteiger partial charge on any atom is -0.340 e. The molecule has 8 heteroatoms. The Morgan fingerprint density at radius 3 is 2.82 bits per heavy atom. The molecule has 118 valence electrons. The standard InChI is InChI=1S/C14H18N4O2S2/c1-9-15-12(17-20-9)7-10-3-5-18(6-4-10)13(19)11-8-22-14(16-11)21-2/h8,10H,3-7H2,1-2H3. The Balaban J connectivity index is 1.53. The fourth-order valence-electron chi connectivity index (χ4n) is 2.63. The maximum absolute atomic E-state index is 12.4. The number of thioether (sulfide) groups is 1. The summed E-state index contributed by atoms with van der Waals surface area (Å²) in [7, 11) is 0. The Bertz CT molecular complexity index is 647. The minimum atomic E-state index is 0.0467. The van der Waals surface area contributed by atoms with Crippen molar-refractivity contribution < 1.29 is 9.32 Å². The summed E-state index contributed by atoms with van der Waals surface area (Å²) in [4.78, 5) is 22.9. The number of likely N-dealkylation sites (tertiary alicyclic amines) is 1. The Morgan fingerprint density at radius 2 is 2.23 bits per heavy atom. The molecule has 1 amide bonds. The van der Waals surface area contributed by atoms with Crippen LogP contribution in [0.25, 0.3) is 0 Å². The van der Waals surface area contributed by atoms with Gasteiger partial charge in [0.25, 0.3) is 5.91 Å². The predicted molar refractivity (Wildman–Crippen MR) is 85.3 cm³/mol. The first kappa shape index (κ1) is 15.5. The Hall–Kier alpha value is -1.41. The largest absolute Gasteiger partial charge is 0.340 e. The van der Waals surface area contributed by atoms with Gasteiger partial charge in [0.2, 0.25) is 5.89 Å². The molecule has 2 aromatic rings. The van der Waals surface area contributed by atoms with E-state index in [4.69, 9.17) is 4.52 Å². The van der Waals surface area contributed by atoms with Gasteiger partial charge in [-0.3, -0.25) is 4.79 Å². The second-order valence-electron chi connectivity index (χ2n) is 5.37. The molecule has 6 nitrogen and oxygen atoms in total. The van der Waals surface area contributed by atoms with Gasteiger partial charge in [-0.25, -0.2) is 4.98 Å². The van der Waals surface area contributed by atoms with Crippen molar-refractivity contribution in [2.24, 2.45) is 5.92 Å². The molecule has 0 aliphatic carbocycles. The molecule has 0 spiro atoms. The summed E-state index contributed by atoms with van der Waals surface area (Å²) >= 11 is 3.10. The van der Waals surface area contributed by atoms with Gasteiger partial charge in [-0.1, -0.05) is 16.9 Å². The van der Waals surface area contributed by atoms with Crippen LogP contribution in [0.3, 0.4) is 0 Å². The van der Waals surface area contributed by atoms with Gasteiger partial charge in [0.15, 0.2) is 5.82 Å². The molecule has 0 unspecified atom stereocenters. The van der Waals surface area contributed by atoms with Crippen molar-refractivity contribution >= 4 is 29.0 Å². The van der Waals surface area contributed by atoms with Crippen LogP contribution in [0.15, 0.2) is 14.2 Å². The van der Waals surface area contributed by atoms with Crippen LogP contribution in [0.1, 0.15) is 35.0 Å². The minimum absolute atomic E-state index is 0.0467. The molecule has 0 bridgehead atoms. The molecule has 0 aromatic carbocycles. The quantitative estimate of drug-likeness (QED) is 0.798. The van der Waals surface area contributed by atoms with Crippen molar-refractivity contribution in [3.63, 3.8) is 0 Å². The van der Waals surface area contributed by atoms with E-state index < -0.39 is 0 Å². The van der Waals surface area contributed by atoms with Gasteiger partial charge in [-0.2, -0.15) is 4.98 Å². The van der Waals surface area contributed by atoms with Gasteiger partial charge in [0.1, 0.15) is 10.0 Å².